The molecular formula is C26H24N4O2S2. The van der Waals surface area contributed by atoms with Crippen molar-refractivity contribution >= 4 is 32.7 Å². The molecule has 0 unspecified atom stereocenters. The Balaban J connectivity index is 1.61. The van der Waals surface area contributed by atoms with Gasteiger partial charge < -0.3 is 4.57 Å². The largest absolute Gasteiger partial charge is 0.302 e. The zero-order valence-corrected chi connectivity index (χ0v) is 20.5. The number of benzene rings is 3. The Labute approximate surface area is 203 Å². The van der Waals surface area contributed by atoms with Crippen molar-refractivity contribution in [1.82, 2.24) is 18.7 Å². The maximum atomic E-state index is 13.5. The second-order valence-corrected chi connectivity index (χ2v) is 11.0. The summed E-state index contributed by atoms with van der Waals surface area (Å²) in [6.07, 6.45) is 1.66. The number of hydrogen-bond acceptors (Lipinski definition) is 5. The summed E-state index contributed by atoms with van der Waals surface area (Å²) in [4.78, 5) is 0.243. The van der Waals surface area contributed by atoms with E-state index in [4.69, 9.17) is 0 Å². The lowest BCUT2D eigenvalue weighted by molar-refractivity contribution is 0.589. The highest BCUT2D eigenvalue weighted by molar-refractivity contribution is 7.99. The van der Waals surface area contributed by atoms with Crippen LogP contribution in [0.4, 0.5) is 0 Å². The third kappa shape index (κ3) is 3.93. The Bertz CT molecular complexity index is 1540. The van der Waals surface area contributed by atoms with Gasteiger partial charge in [0.15, 0.2) is 11.0 Å². The molecule has 0 saturated carbocycles. The summed E-state index contributed by atoms with van der Waals surface area (Å²) in [5, 5.41) is 10.8. The van der Waals surface area contributed by atoms with E-state index in [9.17, 15) is 8.42 Å². The van der Waals surface area contributed by atoms with E-state index < -0.39 is 10.0 Å². The van der Waals surface area contributed by atoms with E-state index in [2.05, 4.69) is 29.3 Å². The van der Waals surface area contributed by atoms with Crippen molar-refractivity contribution in [3.63, 3.8) is 0 Å². The first-order chi connectivity index (χ1) is 16.5. The lowest BCUT2D eigenvalue weighted by Gasteiger charge is -2.12. The highest BCUT2D eigenvalue weighted by Crippen LogP contribution is 2.37. The van der Waals surface area contributed by atoms with Crippen molar-refractivity contribution in [3.8, 4) is 11.4 Å². The first kappa shape index (κ1) is 22.4. The van der Waals surface area contributed by atoms with E-state index in [1.54, 1.807) is 48.3 Å². The molecule has 6 nitrogen and oxygen atoms in total. The van der Waals surface area contributed by atoms with E-state index in [0.717, 1.165) is 16.1 Å². The van der Waals surface area contributed by atoms with Gasteiger partial charge in [-0.25, -0.2) is 12.4 Å². The Morgan fingerprint density at radius 2 is 1.53 bits per heavy atom. The number of para-hydroxylation sites is 1. The molecule has 0 aliphatic rings. The van der Waals surface area contributed by atoms with Crippen LogP contribution in [0.15, 0.2) is 101 Å². The summed E-state index contributed by atoms with van der Waals surface area (Å²) in [7, 11) is -3.77. The SMILES string of the molecule is CCn1c(S[C@@H](C)c2ccccc2)nnc1-c1cn(S(=O)(=O)c2ccccc2)c2ccccc12. The van der Waals surface area contributed by atoms with Gasteiger partial charge in [-0.3, -0.25) is 0 Å². The van der Waals surface area contributed by atoms with Gasteiger partial charge >= 0.3 is 0 Å². The molecule has 1 atom stereocenters. The van der Waals surface area contributed by atoms with Crippen LogP contribution in [0.5, 0.6) is 0 Å². The molecule has 8 heteroatoms. The van der Waals surface area contributed by atoms with E-state index in [1.165, 1.54) is 9.54 Å². The minimum Gasteiger partial charge on any atom is -0.302 e. The fourth-order valence-corrected chi connectivity index (χ4v) is 6.47. The Hall–Kier alpha value is -3.36. The van der Waals surface area contributed by atoms with Crippen LogP contribution in [0, 0.1) is 0 Å². The molecule has 0 aliphatic carbocycles. The van der Waals surface area contributed by atoms with Gasteiger partial charge in [0.25, 0.3) is 10.0 Å². The molecule has 0 bridgehead atoms. The summed E-state index contributed by atoms with van der Waals surface area (Å²) >= 11 is 1.64. The molecule has 2 heterocycles. The minimum atomic E-state index is -3.77. The molecule has 0 spiro atoms. The van der Waals surface area contributed by atoms with Gasteiger partial charge in [-0.1, -0.05) is 78.5 Å². The van der Waals surface area contributed by atoms with Crippen LogP contribution in [-0.4, -0.2) is 27.2 Å². The molecule has 0 aliphatic heterocycles. The van der Waals surface area contributed by atoms with Gasteiger partial charge in [-0.05, 0) is 37.6 Å². The molecular weight excluding hydrogens is 464 g/mol. The number of nitrogens with zero attached hydrogens (tertiary/aromatic N) is 4. The van der Waals surface area contributed by atoms with Gasteiger partial charge in [0.1, 0.15) is 0 Å². The molecule has 0 amide bonds. The van der Waals surface area contributed by atoms with Crippen molar-refractivity contribution in [2.45, 2.75) is 35.7 Å². The average molecular weight is 489 g/mol. The van der Waals surface area contributed by atoms with E-state index in [0.29, 0.717) is 17.9 Å². The number of rotatable bonds is 7. The van der Waals surface area contributed by atoms with Gasteiger partial charge in [-0.2, -0.15) is 0 Å². The summed E-state index contributed by atoms with van der Waals surface area (Å²) in [5.74, 6) is 0.656. The Morgan fingerprint density at radius 1 is 0.882 bits per heavy atom. The summed E-state index contributed by atoms with van der Waals surface area (Å²) in [6, 6.07) is 26.3. The fraction of sp³-hybridized carbons (Fsp3) is 0.154. The third-order valence-electron chi connectivity index (χ3n) is 5.80. The monoisotopic (exact) mass is 488 g/mol. The van der Waals surface area contributed by atoms with Crippen molar-refractivity contribution in [3.05, 3.63) is 96.7 Å². The van der Waals surface area contributed by atoms with Crippen LogP contribution in [0.2, 0.25) is 0 Å². The van der Waals surface area contributed by atoms with Gasteiger partial charge in [0, 0.05) is 28.9 Å². The van der Waals surface area contributed by atoms with Crippen LogP contribution < -0.4 is 0 Å². The number of fused-ring (bicyclic) bond motifs is 1. The predicted octanol–water partition coefficient (Wildman–Crippen LogP) is 6.01. The molecule has 5 aromatic rings. The molecule has 0 N–H and O–H groups in total. The second kappa shape index (κ2) is 9.12. The number of hydrogen-bond donors (Lipinski definition) is 0. The van der Waals surface area contributed by atoms with Crippen molar-refractivity contribution in [2.75, 3.05) is 0 Å². The lowest BCUT2D eigenvalue weighted by Crippen LogP contribution is -2.11. The predicted molar refractivity (Wildman–Crippen MR) is 136 cm³/mol. The summed E-state index contributed by atoms with van der Waals surface area (Å²) in [6.45, 7) is 4.85. The van der Waals surface area contributed by atoms with Crippen LogP contribution in [0.1, 0.15) is 24.7 Å². The first-order valence-electron chi connectivity index (χ1n) is 11.1. The molecule has 34 heavy (non-hydrogen) atoms. The van der Waals surface area contributed by atoms with E-state index in [1.807, 2.05) is 54.0 Å². The Kier molecular flexibility index (Phi) is 6.02. The average Bonchev–Trinajstić information content (AvgIpc) is 3.46. The highest BCUT2D eigenvalue weighted by Gasteiger charge is 2.25. The number of aromatic nitrogens is 4. The number of thioether (sulfide) groups is 1. The van der Waals surface area contributed by atoms with Gasteiger partial charge in [0.2, 0.25) is 0 Å². The molecule has 3 aromatic carbocycles. The van der Waals surface area contributed by atoms with Crippen molar-refractivity contribution in [2.24, 2.45) is 0 Å². The van der Waals surface area contributed by atoms with Crippen molar-refractivity contribution < 1.29 is 8.42 Å². The van der Waals surface area contributed by atoms with Gasteiger partial charge in [0.05, 0.1) is 10.4 Å². The third-order valence-corrected chi connectivity index (χ3v) is 8.63. The summed E-state index contributed by atoms with van der Waals surface area (Å²) < 4.78 is 30.3. The smallest absolute Gasteiger partial charge is 0.268 e. The molecule has 2 aromatic heterocycles. The van der Waals surface area contributed by atoms with Crippen LogP contribution in [-0.2, 0) is 16.6 Å². The highest BCUT2D eigenvalue weighted by atomic mass is 32.2. The first-order valence-corrected chi connectivity index (χ1v) is 13.4. The van der Waals surface area contributed by atoms with Crippen LogP contribution in [0.3, 0.4) is 0 Å². The van der Waals surface area contributed by atoms with Crippen LogP contribution in [0.25, 0.3) is 22.3 Å². The lowest BCUT2D eigenvalue weighted by atomic mass is 10.1. The van der Waals surface area contributed by atoms with Crippen molar-refractivity contribution in [1.29, 1.82) is 0 Å². The Morgan fingerprint density at radius 3 is 2.24 bits per heavy atom. The van der Waals surface area contributed by atoms with Crippen LogP contribution >= 0.6 is 11.8 Å². The topological polar surface area (TPSA) is 69.8 Å². The minimum absolute atomic E-state index is 0.198. The fourth-order valence-electron chi connectivity index (χ4n) is 4.04. The zero-order valence-electron chi connectivity index (χ0n) is 18.9. The zero-order chi connectivity index (χ0) is 23.7. The van der Waals surface area contributed by atoms with E-state index >= 15 is 0 Å². The molecule has 0 fully saturated rings. The normalized spacial score (nSPS) is 12.8. The van der Waals surface area contributed by atoms with E-state index in [-0.39, 0.29) is 10.1 Å². The quantitative estimate of drug-likeness (QED) is 0.262. The summed E-state index contributed by atoms with van der Waals surface area (Å²) in [5.41, 5.74) is 2.56. The van der Waals surface area contributed by atoms with Gasteiger partial charge in [-0.15, -0.1) is 10.2 Å². The molecule has 0 radical (unpaired) electrons. The maximum absolute atomic E-state index is 13.5. The molecule has 5 rings (SSSR count). The standard InChI is InChI=1S/C26H24N4O2S2/c1-3-29-25(27-28-26(29)33-19(2)20-12-6-4-7-13-20)23-18-30(24-17-11-10-16-22(23)24)34(31,32)21-14-8-5-9-15-21/h4-19H,3H2,1-2H3/t19-/m0/s1. The maximum Gasteiger partial charge on any atom is 0.268 e. The molecule has 0 saturated heterocycles. The second-order valence-electron chi connectivity index (χ2n) is 7.90. The molecule has 172 valence electrons.